The van der Waals surface area contributed by atoms with Gasteiger partial charge in [-0.15, -0.1) is 0 Å². The van der Waals surface area contributed by atoms with E-state index in [1.165, 1.54) is 6.07 Å². The average molecular weight is 285 g/mol. The molecule has 0 bridgehead atoms. The molecule has 108 valence electrons. The van der Waals surface area contributed by atoms with Crippen molar-refractivity contribution in [2.45, 2.75) is 32.6 Å². The van der Waals surface area contributed by atoms with Crippen LogP contribution in [0.5, 0.6) is 0 Å². The van der Waals surface area contributed by atoms with Crippen molar-refractivity contribution in [3.8, 4) is 0 Å². The van der Waals surface area contributed by atoms with E-state index in [9.17, 15) is 8.42 Å². The highest BCUT2D eigenvalue weighted by Crippen LogP contribution is 2.30. The number of primary sulfonamides is 1. The first-order valence-corrected chi connectivity index (χ1v) is 7.75. The molecule has 1 rings (SSSR count). The van der Waals surface area contributed by atoms with E-state index in [0.717, 1.165) is 0 Å². The first-order valence-electron chi connectivity index (χ1n) is 6.21. The lowest BCUT2D eigenvalue weighted by Gasteiger charge is -2.30. The Bertz CT molecular complexity index is 551. The molecule has 0 unspecified atom stereocenters. The van der Waals surface area contributed by atoms with Gasteiger partial charge in [-0.05, 0) is 23.5 Å². The number of hydrogen-bond acceptors (Lipinski definition) is 4. The van der Waals surface area contributed by atoms with Crippen LogP contribution in [0.4, 0.5) is 11.4 Å². The Morgan fingerprint density at radius 3 is 2.37 bits per heavy atom. The molecule has 0 radical (unpaired) electrons. The largest absolute Gasteiger partial charge is 0.396 e. The summed E-state index contributed by atoms with van der Waals surface area (Å²) in [5.74, 6) is 0.489. The molecule has 5 nitrogen and oxygen atoms in total. The number of para-hydroxylation sites is 1. The maximum atomic E-state index is 11.4. The van der Waals surface area contributed by atoms with E-state index in [1.807, 2.05) is 0 Å². The summed E-state index contributed by atoms with van der Waals surface area (Å²) in [6.07, 6.45) is 0. The number of benzene rings is 1. The van der Waals surface area contributed by atoms with Gasteiger partial charge in [0, 0.05) is 6.54 Å². The van der Waals surface area contributed by atoms with Gasteiger partial charge in [0.1, 0.15) is 4.90 Å². The zero-order valence-corrected chi connectivity index (χ0v) is 12.7. The summed E-state index contributed by atoms with van der Waals surface area (Å²) < 4.78 is 22.8. The summed E-state index contributed by atoms with van der Waals surface area (Å²) in [6.45, 7) is 9.27. The number of anilines is 2. The molecule has 1 aromatic carbocycles. The smallest absolute Gasteiger partial charge is 0.240 e. The molecule has 0 aliphatic rings. The van der Waals surface area contributed by atoms with Gasteiger partial charge in [0.2, 0.25) is 10.0 Å². The molecule has 0 fully saturated rings. The number of rotatable bonds is 5. The van der Waals surface area contributed by atoms with Gasteiger partial charge in [-0.2, -0.15) is 0 Å². The lowest BCUT2D eigenvalue weighted by molar-refractivity contribution is 0.270. The zero-order valence-electron chi connectivity index (χ0n) is 11.9. The molecule has 0 heterocycles. The van der Waals surface area contributed by atoms with Crippen LogP contribution in [-0.4, -0.2) is 15.0 Å². The lowest BCUT2D eigenvalue weighted by atomic mass is 9.81. The SMILES string of the molecule is CC(C)C(C)(C)CNc1cccc(S(N)(=O)=O)c1N. The average Bonchev–Trinajstić information content (AvgIpc) is 2.25. The van der Waals surface area contributed by atoms with Gasteiger partial charge in [-0.3, -0.25) is 0 Å². The Morgan fingerprint density at radius 1 is 1.32 bits per heavy atom. The third-order valence-corrected chi connectivity index (χ3v) is 4.64. The maximum Gasteiger partial charge on any atom is 0.240 e. The second-order valence-electron chi connectivity index (χ2n) is 5.76. The van der Waals surface area contributed by atoms with Gasteiger partial charge in [0.15, 0.2) is 0 Å². The summed E-state index contributed by atoms with van der Waals surface area (Å²) in [4.78, 5) is -0.0418. The lowest BCUT2D eigenvalue weighted by Crippen LogP contribution is -2.29. The predicted octanol–water partition coefficient (Wildman–Crippen LogP) is 2.01. The Hall–Kier alpha value is -1.27. The highest BCUT2D eigenvalue weighted by molar-refractivity contribution is 7.89. The maximum absolute atomic E-state index is 11.4. The molecule has 0 aromatic heterocycles. The minimum absolute atomic E-state index is 0.0418. The van der Waals surface area contributed by atoms with Crippen molar-refractivity contribution in [3.05, 3.63) is 18.2 Å². The van der Waals surface area contributed by atoms with Gasteiger partial charge < -0.3 is 11.1 Å². The Kier molecular flexibility index (Phi) is 4.47. The Labute approximate surface area is 115 Å². The molecule has 0 amide bonds. The fraction of sp³-hybridized carbons (Fsp3) is 0.538. The second kappa shape index (κ2) is 5.38. The van der Waals surface area contributed by atoms with Crippen LogP contribution in [0.3, 0.4) is 0 Å². The van der Waals surface area contributed by atoms with Crippen molar-refractivity contribution in [3.63, 3.8) is 0 Å². The molecule has 0 aliphatic heterocycles. The van der Waals surface area contributed by atoms with Gasteiger partial charge in [0.25, 0.3) is 0 Å². The number of hydrogen-bond donors (Lipinski definition) is 3. The van der Waals surface area contributed by atoms with E-state index in [0.29, 0.717) is 18.2 Å². The molecular formula is C13H23N3O2S. The van der Waals surface area contributed by atoms with E-state index in [4.69, 9.17) is 10.9 Å². The molecular weight excluding hydrogens is 262 g/mol. The topological polar surface area (TPSA) is 98.2 Å². The number of sulfonamides is 1. The van der Waals surface area contributed by atoms with Crippen LogP contribution in [0.25, 0.3) is 0 Å². The van der Waals surface area contributed by atoms with Crippen molar-refractivity contribution in [2.24, 2.45) is 16.5 Å². The highest BCUT2D eigenvalue weighted by atomic mass is 32.2. The van der Waals surface area contributed by atoms with Crippen molar-refractivity contribution in [1.82, 2.24) is 0 Å². The van der Waals surface area contributed by atoms with Crippen LogP contribution in [-0.2, 0) is 10.0 Å². The van der Waals surface area contributed by atoms with E-state index < -0.39 is 10.0 Å². The molecule has 6 heteroatoms. The molecule has 0 saturated carbocycles. The van der Waals surface area contributed by atoms with Gasteiger partial charge in [0.05, 0.1) is 11.4 Å². The van der Waals surface area contributed by atoms with Crippen LogP contribution in [0, 0.1) is 11.3 Å². The first-order chi connectivity index (χ1) is 8.55. The van der Waals surface area contributed by atoms with E-state index in [1.54, 1.807) is 12.1 Å². The summed E-state index contributed by atoms with van der Waals surface area (Å²) in [5.41, 5.74) is 6.70. The van der Waals surface area contributed by atoms with Crippen molar-refractivity contribution in [1.29, 1.82) is 0 Å². The number of nitrogens with one attached hydrogen (secondary N) is 1. The summed E-state index contributed by atoms with van der Waals surface area (Å²) in [5, 5.41) is 8.32. The van der Waals surface area contributed by atoms with Crippen molar-refractivity contribution >= 4 is 21.4 Å². The van der Waals surface area contributed by atoms with E-state index in [-0.39, 0.29) is 16.0 Å². The molecule has 1 aromatic rings. The minimum Gasteiger partial charge on any atom is -0.396 e. The zero-order chi connectivity index (χ0) is 14.8. The van der Waals surface area contributed by atoms with Crippen LogP contribution in [0.1, 0.15) is 27.7 Å². The Morgan fingerprint density at radius 2 is 1.89 bits per heavy atom. The normalized spacial score (nSPS) is 12.7. The summed E-state index contributed by atoms with van der Waals surface area (Å²) >= 11 is 0. The molecule has 0 spiro atoms. The molecule has 0 atom stereocenters. The predicted molar refractivity (Wildman–Crippen MR) is 79.3 cm³/mol. The van der Waals surface area contributed by atoms with Gasteiger partial charge in [-0.25, -0.2) is 13.6 Å². The summed E-state index contributed by atoms with van der Waals surface area (Å²) in [7, 11) is -3.79. The van der Waals surface area contributed by atoms with Crippen LogP contribution in [0.2, 0.25) is 0 Å². The fourth-order valence-corrected chi connectivity index (χ4v) is 2.16. The van der Waals surface area contributed by atoms with Crippen LogP contribution in [0.15, 0.2) is 23.1 Å². The number of nitrogens with two attached hydrogens (primary N) is 2. The first kappa shape index (κ1) is 15.8. The minimum atomic E-state index is -3.79. The summed E-state index contributed by atoms with van der Waals surface area (Å²) in [6, 6.07) is 4.78. The molecule has 0 saturated heterocycles. The molecule has 19 heavy (non-hydrogen) atoms. The van der Waals surface area contributed by atoms with Crippen molar-refractivity contribution < 1.29 is 8.42 Å². The fourth-order valence-electron chi connectivity index (χ4n) is 1.47. The quantitative estimate of drug-likeness (QED) is 0.721. The monoisotopic (exact) mass is 285 g/mol. The van der Waals surface area contributed by atoms with Gasteiger partial charge in [-0.1, -0.05) is 33.8 Å². The second-order valence-corrected chi connectivity index (χ2v) is 7.29. The van der Waals surface area contributed by atoms with E-state index in [2.05, 4.69) is 33.0 Å². The van der Waals surface area contributed by atoms with E-state index >= 15 is 0 Å². The molecule has 0 aliphatic carbocycles. The van der Waals surface area contributed by atoms with Crippen LogP contribution >= 0.6 is 0 Å². The third kappa shape index (κ3) is 3.84. The highest BCUT2D eigenvalue weighted by Gasteiger charge is 2.23. The number of nitrogen functional groups attached to an aromatic ring is 1. The third-order valence-electron chi connectivity index (χ3n) is 3.67. The van der Waals surface area contributed by atoms with Gasteiger partial charge >= 0.3 is 0 Å². The van der Waals surface area contributed by atoms with Crippen LogP contribution < -0.4 is 16.2 Å². The molecule has 5 N–H and O–H groups in total. The Balaban J connectivity index is 2.99. The van der Waals surface area contributed by atoms with Crippen molar-refractivity contribution in [2.75, 3.05) is 17.6 Å². The standard InChI is InChI=1S/C13H23N3O2S/c1-9(2)13(3,4)8-16-10-6-5-7-11(12(10)14)19(15,17)18/h5-7,9,16H,8,14H2,1-4H3,(H2,15,17,18).